The van der Waals surface area contributed by atoms with Crippen molar-refractivity contribution in [1.29, 1.82) is 5.26 Å². The zero-order valence-corrected chi connectivity index (χ0v) is 18.7. The topological polar surface area (TPSA) is 94.2 Å². The summed E-state index contributed by atoms with van der Waals surface area (Å²) in [5.41, 5.74) is 2.68. The Hall–Kier alpha value is -3.54. The molecule has 4 rings (SSSR count). The van der Waals surface area contributed by atoms with Crippen LogP contribution in [0.1, 0.15) is 24.0 Å². The van der Waals surface area contributed by atoms with E-state index in [-0.39, 0.29) is 17.7 Å². The third-order valence-electron chi connectivity index (χ3n) is 6.25. The van der Waals surface area contributed by atoms with Gasteiger partial charge >= 0.3 is 0 Å². The van der Waals surface area contributed by atoms with Crippen molar-refractivity contribution in [2.24, 2.45) is 7.05 Å². The van der Waals surface area contributed by atoms with Crippen LogP contribution in [0, 0.1) is 17.1 Å². The first-order chi connectivity index (χ1) is 16.0. The molecular weight excluding hydrogens is 421 g/mol. The van der Waals surface area contributed by atoms with Crippen LogP contribution < -0.4 is 15.8 Å². The molecule has 1 aliphatic rings. The summed E-state index contributed by atoms with van der Waals surface area (Å²) in [5.74, 6) is -0.300. The monoisotopic (exact) mass is 447 g/mol. The summed E-state index contributed by atoms with van der Waals surface area (Å²) in [6, 6.07) is 13.8. The van der Waals surface area contributed by atoms with E-state index in [0.717, 1.165) is 24.0 Å². The molecule has 1 aromatic heterocycles. The van der Waals surface area contributed by atoms with E-state index in [2.05, 4.69) is 5.32 Å². The van der Waals surface area contributed by atoms with Crippen LogP contribution in [0.2, 0.25) is 0 Å². The lowest BCUT2D eigenvalue weighted by molar-refractivity contribution is 0.282. The molecule has 0 radical (unpaired) electrons. The zero-order valence-electron chi connectivity index (χ0n) is 18.7. The summed E-state index contributed by atoms with van der Waals surface area (Å²) in [4.78, 5) is 20.1. The van der Waals surface area contributed by atoms with Crippen LogP contribution in [0.4, 0.5) is 10.2 Å². The molecule has 0 aliphatic carbocycles. The van der Waals surface area contributed by atoms with Crippen LogP contribution in [-0.2, 0) is 13.7 Å². The molecule has 0 unspecified atom stereocenters. The van der Waals surface area contributed by atoms with Crippen molar-refractivity contribution in [3.8, 4) is 28.6 Å². The highest BCUT2D eigenvalue weighted by Gasteiger charge is 2.25. The van der Waals surface area contributed by atoms with Crippen LogP contribution >= 0.6 is 0 Å². The van der Waals surface area contributed by atoms with Gasteiger partial charge in [0.25, 0.3) is 5.56 Å². The number of aromatic nitrogens is 2. The van der Waals surface area contributed by atoms with Crippen LogP contribution in [0.25, 0.3) is 22.5 Å². The zero-order chi connectivity index (χ0) is 23.5. The molecule has 0 saturated carbocycles. The number of aliphatic hydroxyl groups is 1. The molecule has 2 heterocycles. The molecule has 1 aliphatic heterocycles. The van der Waals surface area contributed by atoms with Crippen molar-refractivity contribution in [3.05, 3.63) is 69.8 Å². The minimum Gasteiger partial charge on any atom is -0.392 e. The normalized spacial score (nSPS) is 14.3. The lowest BCUT2D eigenvalue weighted by Crippen LogP contribution is -2.44. The molecular formula is C25H26FN5O2. The smallest absolute Gasteiger partial charge is 0.293 e. The minimum atomic E-state index is -0.636. The highest BCUT2D eigenvalue weighted by atomic mass is 19.1. The van der Waals surface area contributed by atoms with Gasteiger partial charge in [-0.2, -0.15) is 5.26 Å². The largest absolute Gasteiger partial charge is 0.392 e. The van der Waals surface area contributed by atoms with Crippen molar-refractivity contribution in [3.63, 3.8) is 0 Å². The van der Waals surface area contributed by atoms with Crippen molar-refractivity contribution in [2.45, 2.75) is 25.5 Å². The van der Waals surface area contributed by atoms with E-state index in [0.29, 0.717) is 41.9 Å². The number of aliphatic hydroxyl groups excluding tert-OH is 1. The van der Waals surface area contributed by atoms with Gasteiger partial charge in [-0.1, -0.05) is 30.3 Å². The first-order valence-electron chi connectivity index (χ1n) is 10.9. The number of piperidine rings is 1. The number of hydrogen-bond acceptors (Lipinski definition) is 6. The second-order valence-corrected chi connectivity index (χ2v) is 8.21. The molecule has 170 valence electrons. The van der Waals surface area contributed by atoms with Crippen molar-refractivity contribution in [2.75, 3.05) is 25.0 Å². The summed E-state index contributed by atoms with van der Waals surface area (Å²) in [6.45, 7) is 1.30. The average Bonchev–Trinajstić information content (AvgIpc) is 2.85. The Bertz CT molecular complexity index is 1260. The first kappa shape index (κ1) is 22.6. The predicted octanol–water partition coefficient (Wildman–Crippen LogP) is 2.81. The third-order valence-corrected chi connectivity index (χ3v) is 6.25. The maximum atomic E-state index is 14.5. The van der Waals surface area contributed by atoms with Crippen LogP contribution in [0.3, 0.4) is 0 Å². The average molecular weight is 448 g/mol. The van der Waals surface area contributed by atoms with Crippen LogP contribution in [-0.4, -0.2) is 40.8 Å². The van der Waals surface area contributed by atoms with Crippen molar-refractivity contribution in [1.82, 2.24) is 14.9 Å². The Morgan fingerprint density at radius 3 is 2.42 bits per heavy atom. The molecule has 3 aromatic rings. The molecule has 0 bridgehead atoms. The van der Waals surface area contributed by atoms with E-state index >= 15 is 0 Å². The molecule has 8 heteroatoms. The van der Waals surface area contributed by atoms with Gasteiger partial charge in [0.2, 0.25) is 0 Å². The molecule has 1 saturated heterocycles. The fraction of sp³-hybridized carbons (Fsp3) is 0.320. The maximum Gasteiger partial charge on any atom is 0.293 e. The highest BCUT2D eigenvalue weighted by molar-refractivity contribution is 5.79. The van der Waals surface area contributed by atoms with E-state index < -0.39 is 5.82 Å². The standard InChI is InChI=1S/C25H26FN5O2/c1-28-20-9-11-31(12-10-20)24-25(33)30(2)23(17-5-3-16(15-32)4-6-17)22(29-24)18-7-8-19(14-27)21(26)13-18/h3-8,13,20,28,32H,9-12,15H2,1-2H3. The number of nitriles is 1. The Balaban J connectivity index is 1.90. The van der Waals surface area contributed by atoms with Crippen LogP contribution in [0.15, 0.2) is 47.3 Å². The van der Waals surface area contributed by atoms with Gasteiger partial charge in [0, 0.05) is 37.3 Å². The molecule has 0 amide bonds. The number of anilines is 1. The SMILES string of the molecule is CNC1CCN(c2nc(-c3ccc(C#N)c(F)c3)c(-c3ccc(CO)cc3)n(C)c2=O)CC1. The van der Waals surface area contributed by atoms with Gasteiger partial charge in [-0.15, -0.1) is 0 Å². The summed E-state index contributed by atoms with van der Waals surface area (Å²) >= 11 is 0. The van der Waals surface area contributed by atoms with Crippen LogP contribution in [0.5, 0.6) is 0 Å². The summed E-state index contributed by atoms with van der Waals surface area (Å²) in [5, 5.41) is 21.8. The fourth-order valence-corrected chi connectivity index (χ4v) is 4.26. The van der Waals surface area contributed by atoms with Gasteiger partial charge < -0.3 is 19.9 Å². The Morgan fingerprint density at radius 2 is 1.85 bits per heavy atom. The van der Waals surface area contributed by atoms with Gasteiger partial charge in [0.1, 0.15) is 11.9 Å². The van der Waals surface area contributed by atoms with Gasteiger partial charge in [-0.25, -0.2) is 9.37 Å². The molecule has 2 N–H and O–H groups in total. The first-order valence-corrected chi connectivity index (χ1v) is 10.9. The quantitative estimate of drug-likeness (QED) is 0.625. The van der Waals surface area contributed by atoms with E-state index in [1.54, 1.807) is 29.8 Å². The lowest BCUT2D eigenvalue weighted by Gasteiger charge is -2.32. The van der Waals surface area contributed by atoms with Gasteiger partial charge in [-0.3, -0.25) is 4.79 Å². The molecule has 0 spiro atoms. The summed E-state index contributed by atoms with van der Waals surface area (Å²) < 4.78 is 16.1. The fourth-order valence-electron chi connectivity index (χ4n) is 4.26. The minimum absolute atomic E-state index is 0.0493. The van der Waals surface area contributed by atoms with Gasteiger partial charge in [0.15, 0.2) is 5.82 Å². The van der Waals surface area contributed by atoms with Crippen molar-refractivity contribution >= 4 is 5.82 Å². The van der Waals surface area contributed by atoms with E-state index in [4.69, 9.17) is 10.2 Å². The second-order valence-electron chi connectivity index (χ2n) is 8.21. The number of nitrogens with one attached hydrogen (secondary N) is 1. The number of nitrogens with zero attached hydrogens (tertiary/aromatic N) is 4. The van der Waals surface area contributed by atoms with E-state index in [1.165, 1.54) is 12.1 Å². The van der Waals surface area contributed by atoms with Crippen molar-refractivity contribution < 1.29 is 9.50 Å². The molecule has 33 heavy (non-hydrogen) atoms. The molecule has 0 atom stereocenters. The summed E-state index contributed by atoms with van der Waals surface area (Å²) in [6.07, 6.45) is 1.79. The third kappa shape index (κ3) is 4.38. The Labute approximate surface area is 191 Å². The Morgan fingerprint density at radius 1 is 1.18 bits per heavy atom. The number of hydrogen-bond donors (Lipinski definition) is 2. The van der Waals surface area contributed by atoms with E-state index in [9.17, 15) is 14.3 Å². The molecule has 2 aromatic carbocycles. The Kier molecular flexibility index (Phi) is 6.54. The van der Waals surface area contributed by atoms with Gasteiger partial charge in [-0.05, 0) is 37.6 Å². The molecule has 7 nitrogen and oxygen atoms in total. The second kappa shape index (κ2) is 9.53. The highest BCUT2D eigenvalue weighted by Crippen LogP contribution is 2.32. The lowest BCUT2D eigenvalue weighted by atomic mass is 10.0. The number of rotatable bonds is 5. The predicted molar refractivity (Wildman–Crippen MR) is 125 cm³/mol. The molecule has 1 fully saturated rings. The maximum absolute atomic E-state index is 14.5. The van der Waals surface area contributed by atoms with Gasteiger partial charge in [0.05, 0.1) is 23.6 Å². The summed E-state index contributed by atoms with van der Waals surface area (Å²) in [7, 11) is 3.62. The number of benzene rings is 2. The van der Waals surface area contributed by atoms with E-state index in [1.807, 2.05) is 30.1 Å². The number of halogens is 1.